The van der Waals surface area contributed by atoms with E-state index in [2.05, 4.69) is 35.4 Å². The highest BCUT2D eigenvalue weighted by Crippen LogP contribution is 2.28. The second-order valence-corrected chi connectivity index (χ2v) is 11.2. The summed E-state index contributed by atoms with van der Waals surface area (Å²) < 4.78 is 0. The second-order valence-electron chi connectivity index (χ2n) is 5.11. The zero-order chi connectivity index (χ0) is 10.4. The average Bonchev–Trinajstić information content (AvgIpc) is 2.13. The molecule has 0 aromatic heterocycles. The monoisotopic (exact) mass is 228 g/mol. The molecule has 0 N–H and O–H groups in total. The largest absolute Gasteiger partial charge is 0.164 e. The van der Waals surface area contributed by atoms with Gasteiger partial charge in [0.15, 0.2) is 0 Å². The maximum Gasteiger partial charge on any atom is 0.0942 e. The molecule has 0 aromatic carbocycles. The van der Waals surface area contributed by atoms with Crippen molar-refractivity contribution in [1.29, 1.82) is 0 Å². The van der Waals surface area contributed by atoms with Crippen LogP contribution in [-0.4, -0.2) is 19.6 Å². The van der Waals surface area contributed by atoms with Gasteiger partial charge in [-0.05, 0) is 12.8 Å². The van der Waals surface area contributed by atoms with Crippen LogP contribution in [0.1, 0.15) is 32.1 Å². The summed E-state index contributed by atoms with van der Waals surface area (Å²) in [4.78, 5) is 4.26. The standard InChI is InChI=1S/C10H21N2PSi/c1-14(2,3)9-11-12-13-10-7-5-4-6-8-10/h9-10H,4-8H2,1-3H3/b11-9+. The molecule has 14 heavy (non-hydrogen) atoms. The summed E-state index contributed by atoms with van der Waals surface area (Å²) in [5, 5.41) is 4.19. The van der Waals surface area contributed by atoms with E-state index in [0.29, 0.717) is 0 Å². The lowest BCUT2D eigenvalue weighted by Crippen LogP contribution is -2.21. The summed E-state index contributed by atoms with van der Waals surface area (Å²) in [6.45, 7) is 6.84. The molecule has 0 heterocycles. The van der Waals surface area contributed by atoms with E-state index >= 15 is 0 Å². The summed E-state index contributed by atoms with van der Waals surface area (Å²) in [6.07, 6.45) is 6.92. The van der Waals surface area contributed by atoms with Gasteiger partial charge in [0.25, 0.3) is 0 Å². The third-order valence-corrected chi connectivity index (χ3v) is 4.23. The van der Waals surface area contributed by atoms with Gasteiger partial charge >= 0.3 is 0 Å². The molecule has 0 aromatic rings. The van der Waals surface area contributed by atoms with Crippen molar-refractivity contribution in [2.45, 2.75) is 57.4 Å². The zero-order valence-electron chi connectivity index (χ0n) is 9.53. The van der Waals surface area contributed by atoms with Gasteiger partial charge in [0.1, 0.15) is 0 Å². The van der Waals surface area contributed by atoms with Gasteiger partial charge in [0.05, 0.1) is 8.07 Å². The molecule has 1 fully saturated rings. The van der Waals surface area contributed by atoms with Crippen LogP contribution in [0.3, 0.4) is 0 Å². The first-order valence-electron chi connectivity index (χ1n) is 5.52. The molecule has 1 aliphatic carbocycles. The SMILES string of the molecule is C[Si](C)(C)/C=N/N=PC1CCCCC1. The Morgan fingerprint density at radius 3 is 2.36 bits per heavy atom. The van der Waals surface area contributed by atoms with Crippen molar-refractivity contribution in [3.63, 3.8) is 0 Å². The van der Waals surface area contributed by atoms with Crippen LogP contribution in [0.25, 0.3) is 0 Å². The van der Waals surface area contributed by atoms with Crippen LogP contribution in [0.15, 0.2) is 9.96 Å². The summed E-state index contributed by atoms with van der Waals surface area (Å²) in [5.74, 6) is 2.07. The molecular formula is C10H21N2PSi. The van der Waals surface area contributed by atoms with Gasteiger partial charge in [-0.2, -0.15) is 5.10 Å². The minimum atomic E-state index is -1.13. The Morgan fingerprint density at radius 2 is 1.79 bits per heavy atom. The van der Waals surface area contributed by atoms with Crippen molar-refractivity contribution in [2.24, 2.45) is 9.96 Å². The number of rotatable bonds is 3. The molecule has 2 nitrogen and oxygen atoms in total. The maximum atomic E-state index is 4.26. The summed E-state index contributed by atoms with van der Waals surface area (Å²) in [6, 6.07) is 0. The molecule has 1 rings (SSSR count). The van der Waals surface area contributed by atoms with Gasteiger partial charge in [-0.15, -0.1) is 4.85 Å². The first kappa shape index (κ1) is 12.1. The van der Waals surface area contributed by atoms with Crippen LogP contribution in [-0.2, 0) is 0 Å². The Kier molecular flexibility index (Phi) is 4.97. The van der Waals surface area contributed by atoms with Crippen molar-refractivity contribution in [2.75, 3.05) is 0 Å². The predicted molar refractivity (Wildman–Crippen MR) is 68.1 cm³/mol. The van der Waals surface area contributed by atoms with Crippen LogP contribution in [0.2, 0.25) is 19.6 Å². The molecule has 0 radical (unpaired) electrons. The Labute approximate surface area is 90.1 Å². The van der Waals surface area contributed by atoms with E-state index in [1.54, 1.807) is 0 Å². The third-order valence-electron chi connectivity index (χ3n) is 2.29. The molecule has 0 aliphatic heterocycles. The lowest BCUT2D eigenvalue weighted by atomic mass is 10.0. The van der Waals surface area contributed by atoms with Crippen molar-refractivity contribution in [3.8, 4) is 0 Å². The maximum absolute atomic E-state index is 4.26. The smallest absolute Gasteiger partial charge is 0.0942 e. The highest BCUT2D eigenvalue weighted by Gasteiger charge is 2.11. The summed E-state index contributed by atoms with van der Waals surface area (Å²) in [5.41, 5.74) is 0.794. The van der Waals surface area contributed by atoms with E-state index in [-0.39, 0.29) is 0 Å². The normalized spacial score (nSPS) is 21.1. The van der Waals surface area contributed by atoms with E-state index in [4.69, 9.17) is 0 Å². The molecule has 0 atom stereocenters. The van der Waals surface area contributed by atoms with E-state index < -0.39 is 8.07 Å². The third kappa shape index (κ3) is 5.66. The highest BCUT2D eigenvalue weighted by atomic mass is 31.1. The van der Waals surface area contributed by atoms with Crippen LogP contribution in [0, 0.1) is 0 Å². The predicted octanol–water partition coefficient (Wildman–Crippen LogP) is 4.31. The fourth-order valence-corrected chi connectivity index (χ4v) is 2.85. The molecule has 0 unspecified atom stereocenters. The van der Waals surface area contributed by atoms with Gasteiger partial charge in [-0.1, -0.05) is 38.9 Å². The molecule has 80 valence electrons. The van der Waals surface area contributed by atoms with Gasteiger partial charge in [0, 0.05) is 19.9 Å². The molecule has 0 spiro atoms. The minimum Gasteiger partial charge on any atom is -0.164 e. The van der Waals surface area contributed by atoms with E-state index in [1.165, 1.54) is 40.5 Å². The number of hydrogen-bond donors (Lipinski definition) is 0. The van der Waals surface area contributed by atoms with Crippen molar-refractivity contribution >= 4 is 22.3 Å². The molecular weight excluding hydrogens is 207 g/mol. The molecule has 1 aliphatic rings. The van der Waals surface area contributed by atoms with Gasteiger partial charge in [-0.3, -0.25) is 0 Å². The van der Waals surface area contributed by atoms with Crippen molar-refractivity contribution in [1.82, 2.24) is 0 Å². The Hall–Kier alpha value is -0.0131. The highest BCUT2D eigenvalue weighted by molar-refractivity contribution is 7.27. The fourth-order valence-electron chi connectivity index (χ4n) is 1.50. The van der Waals surface area contributed by atoms with Crippen molar-refractivity contribution < 1.29 is 0 Å². The van der Waals surface area contributed by atoms with E-state index in [1.807, 2.05) is 0 Å². The van der Waals surface area contributed by atoms with Gasteiger partial charge < -0.3 is 0 Å². The van der Waals surface area contributed by atoms with Gasteiger partial charge in [-0.25, -0.2) is 0 Å². The lowest BCUT2D eigenvalue weighted by Gasteiger charge is -2.15. The fraction of sp³-hybridized carbons (Fsp3) is 0.900. The quantitative estimate of drug-likeness (QED) is 0.297. The second kappa shape index (κ2) is 5.77. The molecule has 0 bridgehead atoms. The van der Waals surface area contributed by atoms with Crippen LogP contribution in [0.4, 0.5) is 0 Å². The van der Waals surface area contributed by atoms with Gasteiger partial charge in [0.2, 0.25) is 0 Å². The minimum absolute atomic E-state index is 0.794. The number of nitrogens with zero attached hydrogens (tertiary/aromatic N) is 2. The summed E-state index contributed by atoms with van der Waals surface area (Å²) >= 11 is 0. The average molecular weight is 228 g/mol. The number of hydrogen-bond acceptors (Lipinski definition) is 1. The Bertz CT molecular complexity index is 215. The van der Waals surface area contributed by atoms with E-state index in [9.17, 15) is 0 Å². The first-order chi connectivity index (χ1) is 6.58. The molecule has 1 saturated carbocycles. The van der Waals surface area contributed by atoms with Crippen LogP contribution >= 0.6 is 8.37 Å². The van der Waals surface area contributed by atoms with Crippen LogP contribution < -0.4 is 0 Å². The lowest BCUT2D eigenvalue weighted by molar-refractivity contribution is 0.514. The van der Waals surface area contributed by atoms with E-state index in [0.717, 1.165) is 5.66 Å². The Balaban J connectivity index is 2.28. The molecule has 4 heteroatoms. The molecule has 0 saturated heterocycles. The van der Waals surface area contributed by atoms with Crippen LogP contribution in [0.5, 0.6) is 0 Å². The first-order valence-corrected chi connectivity index (χ1v) is 10.0. The Morgan fingerprint density at radius 1 is 1.14 bits per heavy atom. The molecule has 0 amide bonds. The topological polar surface area (TPSA) is 24.7 Å². The zero-order valence-corrected chi connectivity index (χ0v) is 11.4. The van der Waals surface area contributed by atoms with Crippen molar-refractivity contribution in [3.05, 3.63) is 0 Å². The summed E-state index contributed by atoms with van der Waals surface area (Å²) in [7, 11) is 0.0682.